The van der Waals surface area contributed by atoms with Gasteiger partial charge in [-0.15, -0.1) is 0 Å². The van der Waals surface area contributed by atoms with Crippen LogP contribution in [0.2, 0.25) is 5.02 Å². The predicted molar refractivity (Wildman–Crippen MR) is 36.8 cm³/mol. The lowest BCUT2D eigenvalue weighted by Gasteiger charge is -2.00. The van der Waals surface area contributed by atoms with Crippen molar-refractivity contribution >= 4 is 11.6 Å². The third kappa shape index (κ3) is 1.21. The van der Waals surface area contributed by atoms with E-state index in [4.69, 9.17) is 16.3 Å². The summed E-state index contributed by atoms with van der Waals surface area (Å²) in [6.45, 7) is 0. The topological polar surface area (TPSA) is 9.23 Å². The molecule has 0 unspecified atom stereocenters. The molecule has 10 heavy (non-hydrogen) atoms. The molecule has 0 aromatic heterocycles. The van der Waals surface area contributed by atoms with Crippen LogP contribution >= 0.6 is 11.6 Å². The summed E-state index contributed by atoms with van der Waals surface area (Å²) < 4.78 is 17.2. The lowest BCUT2D eigenvalue weighted by molar-refractivity contribution is 0.411. The van der Waals surface area contributed by atoms with E-state index >= 15 is 0 Å². The minimum absolute atomic E-state index is 0.0231. The third-order valence-corrected chi connectivity index (χ3v) is 1.43. The van der Waals surface area contributed by atoms with Gasteiger partial charge in [0.25, 0.3) is 0 Å². The van der Waals surface area contributed by atoms with E-state index in [2.05, 4.69) is 6.07 Å². The molecule has 0 saturated heterocycles. The van der Waals surface area contributed by atoms with Gasteiger partial charge in [-0.2, -0.15) is 0 Å². The van der Waals surface area contributed by atoms with Crippen LogP contribution in [0.5, 0.6) is 5.75 Å². The summed E-state index contributed by atoms with van der Waals surface area (Å²) >= 11 is 5.46. The van der Waals surface area contributed by atoms with Crippen LogP contribution in [-0.4, -0.2) is 7.11 Å². The average Bonchev–Trinajstić information content (AvgIpc) is 1.95. The van der Waals surface area contributed by atoms with Crippen molar-refractivity contribution in [1.29, 1.82) is 0 Å². The molecule has 0 heterocycles. The zero-order valence-corrected chi connectivity index (χ0v) is 6.07. The van der Waals surface area contributed by atoms with Gasteiger partial charge in [0.05, 0.1) is 7.11 Å². The third-order valence-electron chi connectivity index (χ3n) is 1.07. The Morgan fingerprint density at radius 3 is 2.90 bits per heavy atom. The summed E-state index contributed by atoms with van der Waals surface area (Å²) in [7, 11) is 1.43. The molecule has 53 valence electrons. The van der Waals surface area contributed by atoms with E-state index in [9.17, 15) is 4.39 Å². The van der Waals surface area contributed by atoms with Gasteiger partial charge in [0.2, 0.25) is 0 Å². The first-order chi connectivity index (χ1) is 4.75. The van der Waals surface area contributed by atoms with Gasteiger partial charge in [-0.1, -0.05) is 11.6 Å². The van der Waals surface area contributed by atoms with E-state index in [0.29, 0.717) is 5.75 Å². The summed E-state index contributed by atoms with van der Waals surface area (Å²) in [6.07, 6.45) is 0. The van der Waals surface area contributed by atoms with Gasteiger partial charge >= 0.3 is 0 Å². The Balaban J connectivity index is 3.14. The fourth-order valence-electron chi connectivity index (χ4n) is 0.593. The second kappa shape index (κ2) is 2.88. The van der Waals surface area contributed by atoms with E-state index in [0.717, 1.165) is 0 Å². The smallest absolute Gasteiger partial charge is 0.153 e. The predicted octanol–water partition coefficient (Wildman–Crippen LogP) is 2.29. The standard InChI is InChI=1S/C7H5ClFO/c1-10-6-4-2-3-5(9)7(6)8/h2,4H,1H3. The molecule has 0 aliphatic carbocycles. The largest absolute Gasteiger partial charge is 0.495 e. The van der Waals surface area contributed by atoms with Crippen LogP contribution in [0.1, 0.15) is 0 Å². The highest BCUT2D eigenvalue weighted by molar-refractivity contribution is 6.32. The van der Waals surface area contributed by atoms with Crippen LogP contribution in [0.15, 0.2) is 12.1 Å². The quantitative estimate of drug-likeness (QED) is 0.611. The van der Waals surface area contributed by atoms with E-state index < -0.39 is 5.82 Å². The van der Waals surface area contributed by atoms with Crippen LogP contribution in [-0.2, 0) is 0 Å². The lowest BCUT2D eigenvalue weighted by Crippen LogP contribution is -1.85. The van der Waals surface area contributed by atoms with Crippen molar-refractivity contribution in [3.8, 4) is 5.75 Å². The molecule has 0 saturated carbocycles. The van der Waals surface area contributed by atoms with E-state index in [1.54, 1.807) is 6.07 Å². The molecule has 0 bridgehead atoms. The minimum atomic E-state index is -0.582. The van der Waals surface area contributed by atoms with Crippen LogP contribution in [0, 0.1) is 11.9 Å². The van der Waals surface area contributed by atoms with Crippen molar-refractivity contribution in [3.63, 3.8) is 0 Å². The molecule has 1 rings (SSSR count). The summed E-state index contributed by atoms with van der Waals surface area (Å²) in [4.78, 5) is 0. The number of hydrogen-bond acceptors (Lipinski definition) is 1. The van der Waals surface area contributed by atoms with Crippen LogP contribution in [0.4, 0.5) is 4.39 Å². The Bertz CT molecular complexity index is 237. The molecule has 0 fully saturated rings. The van der Waals surface area contributed by atoms with Crippen molar-refractivity contribution in [2.45, 2.75) is 0 Å². The Kier molecular flexibility index (Phi) is 2.12. The first kappa shape index (κ1) is 7.35. The molecular weight excluding hydrogens is 155 g/mol. The van der Waals surface area contributed by atoms with Gasteiger partial charge in [0, 0.05) is 6.07 Å². The Morgan fingerprint density at radius 1 is 1.70 bits per heavy atom. The van der Waals surface area contributed by atoms with Crippen molar-refractivity contribution < 1.29 is 9.13 Å². The SMILES string of the molecule is COc1cc[c]c(F)c1Cl. The fourth-order valence-corrected chi connectivity index (χ4v) is 0.788. The Morgan fingerprint density at radius 2 is 2.40 bits per heavy atom. The summed E-state index contributed by atoms with van der Waals surface area (Å²) in [5.41, 5.74) is 0. The summed E-state index contributed by atoms with van der Waals surface area (Å²) in [5, 5.41) is -0.0231. The van der Waals surface area contributed by atoms with E-state index in [1.807, 2.05) is 0 Å². The second-order valence-electron chi connectivity index (χ2n) is 1.67. The van der Waals surface area contributed by atoms with Gasteiger partial charge in [-0.05, 0) is 12.1 Å². The number of halogens is 2. The molecule has 0 spiro atoms. The number of methoxy groups -OCH3 is 1. The Hall–Kier alpha value is -0.760. The molecule has 0 amide bonds. The maximum absolute atomic E-state index is 12.5. The molecule has 1 radical (unpaired) electrons. The molecule has 1 nitrogen and oxygen atoms in total. The first-order valence-corrected chi connectivity index (χ1v) is 3.03. The number of rotatable bonds is 1. The highest BCUT2D eigenvalue weighted by atomic mass is 35.5. The zero-order chi connectivity index (χ0) is 7.56. The molecule has 0 aliphatic rings. The van der Waals surface area contributed by atoms with Gasteiger partial charge in [0.15, 0.2) is 5.82 Å². The molecule has 3 heteroatoms. The van der Waals surface area contributed by atoms with Crippen LogP contribution < -0.4 is 4.74 Å². The van der Waals surface area contributed by atoms with Gasteiger partial charge < -0.3 is 4.74 Å². The molecule has 0 atom stereocenters. The van der Waals surface area contributed by atoms with Crippen LogP contribution in [0.25, 0.3) is 0 Å². The van der Waals surface area contributed by atoms with Gasteiger partial charge in [-0.25, -0.2) is 4.39 Å². The fraction of sp³-hybridized carbons (Fsp3) is 0.143. The number of hydrogen-bond donors (Lipinski definition) is 0. The Labute approximate surface area is 63.4 Å². The first-order valence-electron chi connectivity index (χ1n) is 2.65. The normalized spacial score (nSPS) is 9.50. The molecule has 1 aromatic carbocycles. The summed E-state index contributed by atoms with van der Waals surface area (Å²) in [6, 6.07) is 5.26. The van der Waals surface area contributed by atoms with Gasteiger partial charge in [0.1, 0.15) is 10.8 Å². The molecular formula is C7H5ClFO. The molecule has 1 aromatic rings. The molecule has 0 N–H and O–H groups in total. The van der Waals surface area contributed by atoms with Crippen molar-refractivity contribution in [2.75, 3.05) is 7.11 Å². The summed E-state index contributed by atoms with van der Waals surface area (Å²) in [5.74, 6) is -0.251. The average molecular weight is 160 g/mol. The highest BCUT2D eigenvalue weighted by Gasteiger charge is 2.03. The zero-order valence-electron chi connectivity index (χ0n) is 5.32. The lowest BCUT2D eigenvalue weighted by atomic mass is 10.3. The second-order valence-corrected chi connectivity index (χ2v) is 2.05. The van der Waals surface area contributed by atoms with Gasteiger partial charge in [-0.3, -0.25) is 0 Å². The highest BCUT2D eigenvalue weighted by Crippen LogP contribution is 2.25. The molecule has 0 aliphatic heterocycles. The minimum Gasteiger partial charge on any atom is -0.495 e. The van der Waals surface area contributed by atoms with Crippen molar-refractivity contribution in [3.05, 3.63) is 29.0 Å². The van der Waals surface area contributed by atoms with E-state index in [1.165, 1.54) is 13.2 Å². The van der Waals surface area contributed by atoms with Crippen molar-refractivity contribution in [2.24, 2.45) is 0 Å². The van der Waals surface area contributed by atoms with Crippen LogP contribution in [0.3, 0.4) is 0 Å². The maximum Gasteiger partial charge on any atom is 0.153 e. The van der Waals surface area contributed by atoms with E-state index in [-0.39, 0.29) is 5.02 Å². The van der Waals surface area contributed by atoms with Crippen molar-refractivity contribution in [1.82, 2.24) is 0 Å². The number of ether oxygens (including phenoxy) is 1. The number of benzene rings is 1. The maximum atomic E-state index is 12.5. The monoisotopic (exact) mass is 159 g/mol.